The molecule has 2 heteroatoms. The van der Waals surface area contributed by atoms with Gasteiger partial charge in [-0.25, -0.2) is 0 Å². The van der Waals surface area contributed by atoms with Crippen molar-refractivity contribution in [1.82, 2.24) is 0 Å². The maximum Gasteiger partial charge on any atom is 0.129 e. The fourth-order valence-corrected chi connectivity index (χ4v) is 1.47. The summed E-state index contributed by atoms with van der Waals surface area (Å²) in [6, 6.07) is 7.65. The minimum Gasteiger partial charge on any atom is -0.302 e. The molecule has 0 heterocycles. The molecule has 0 atom stereocenters. The number of aldehydes is 2. The fourth-order valence-electron chi connectivity index (χ4n) is 1.47. The fraction of sp³-hybridized carbons (Fsp3) is 0.429. The molecule has 0 bridgehead atoms. The van der Waals surface area contributed by atoms with Crippen molar-refractivity contribution in [2.24, 2.45) is 0 Å². The van der Waals surface area contributed by atoms with Crippen LogP contribution in [0.4, 0.5) is 0 Å². The Kier molecular flexibility index (Phi) is 3.32. The average Bonchev–Trinajstić information content (AvgIpc) is 2.29. The molecule has 0 saturated carbocycles. The normalized spacial score (nSPS) is 12.2. The van der Waals surface area contributed by atoms with Crippen LogP contribution in [0.25, 0.3) is 0 Å². The van der Waals surface area contributed by atoms with Crippen LogP contribution >= 0.6 is 0 Å². The van der Waals surface area contributed by atoms with Crippen LogP contribution in [-0.4, -0.2) is 12.6 Å². The van der Waals surface area contributed by atoms with E-state index in [1.165, 1.54) is 0 Å². The van der Waals surface area contributed by atoms with Gasteiger partial charge in [-0.2, -0.15) is 0 Å². The molecule has 0 aliphatic rings. The second-order valence-electron chi connectivity index (χ2n) is 5.26. The van der Waals surface area contributed by atoms with Gasteiger partial charge < -0.3 is 9.59 Å². The van der Waals surface area contributed by atoms with Crippen molar-refractivity contribution in [3.63, 3.8) is 0 Å². The third-order valence-corrected chi connectivity index (χ3v) is 2.96. The second kappa shape index (κ2) is 4.20. The third-order valence-electron chi connectivity index (χ3n) is 2.96. The predicted octanol–water partition coefficient (Wildman–Crippen LogP) is 2.64. The Morgan fingerprint density at radius 2 is 1.00 bits per heavy atom. The molecular formula is C14H18O2. The van der Waals surface area contributed by atoms with Gasteiger partial charge in [-0.3, -0.25) is 0 Å². The molecule has 16 heavy (non-hydrogen) atoms. The van der Waals surface area contributed by atoms with E-state index in [1.807, 2.05) is 52.0 Å². The minimum absolute atomic E-state index is 0.468. The van der Waals surface area contributed by atoms with Gasteiger partial charge in [-0.15, -0.1) is 0 Å². The van der Waals surface area contributed by atoms with Gasteiger partial charge in [0.2, 0.25) is 0 Å². The van der Waals surface area contributed by atoms with Crippen molar-refractivity contribution >= 4 is 12.6 Å². The molecular weight excluding hydrogens is 200 g/mol. The SMILES string of the molecule is CC(C)(C=O)c1ccc(C(C)(C)C=O)cc1. The first kappa shape index (κ1) is 12.6. The number of rotatable bonds is 4. The van der Waals surface area contributed by atoms with E-state index in [4.69, 9.17) is 0 Å². The van der Waals surface area contributed by atoms with Gasteiger partial charge in [-0.1, -0.05) is 24.3 Å². The molecule has 1 aromatic carbocycles. The Bertz CT molecular complexity index is 347. The van der Waals surface area contributed by atoms with Crippen LogP contribution in [0.15, 0.2) is 24.3 Å². The molecule has 0 spiro atoms. The van der Waals surface area contributed by atoms with Crippen molar-refractivity contribution in [2.45, 2.75) is 38.5 Å². The molecule has 1 aromatic rings. The summed E-state index contributed by atoms with van der Waals surface area (Å²) in [5, 5.41) is 0. The smallest absolute Gasteiger partial charge is 0.129 e. The molecule has 0 aliphatic heterocycles. The molecule has 86 valence electrons. The molecule has 0 saturated heterocycles. The van der Waals surface area contributed by atoms with E-state index < -0.39 is 10.8 Å². The lowest BCUT2D eigenvalue weighted by molar-refractivity contribution is -0.112. The Labute approximate surface area is 96.7 Å². The highest BCUT2D eigenvalue weighted by Gasteiger charge is 2.22. The molecule has 0 aromatic heterocycles. The van der Waals surface area contributed by atoms with E-state index in [1.54, 1.807) is 0 Å². The highest BCUT2D eigenvalue weighted by Crippen LogP contribution is 2.25. The quantitative estimate of drug-likeness (QED) is 0.728. The van der Waals surface area contributed by atoms with E-state index in [2.05, 4.69) is 0 Å². The molecule has 0 N–H and O–H groups in total. The maximum atomic E-state index is 10.9. The zero-order valence-electron chi connectivity index (χ0n) is 10.3. The summed E-state index contributed by atoms with van der Waals surface area (Å²) in [5.41, 5.74) is 0.995. The number of benzene rings is 1. The Hall–Kier alpha value is -1.44. The maximum absolute atomic E-state index is 10.9. The summed E-state index contributed by atoms with van der Waals surface area (Å²) in [6.07, 6.45) is 1.87. The zero-order chi connectivity index (χ0) is 12.4. The minimum atomic E-state index is -0.468. The third kappa shape index (κ3) is 2.38. The topological polar surface area (TPSA) is 34.1 Å². The van der Waals surface area contributed by atoms with E-state index in [0.29, 0.717) is 0 Å². The molecule has 2 nitrogen and oxygen atoms in total. The average molecular weight is 218 g/mol. The summed E-state index contributed by atoms with van der Waals surface area (Å²) in [7, 11) is 0. The highest BCUT2D eigenvalue weighted by molar-refractivity contribution is 5.69. The molecule has 0 aliphatic carbocycles. The van der Waals surface area contributed by atoms with Gasteiger partial charge in [0.1, 0.15) is 12.6 Å². The monoisotopic (exact) mass is 218 g/mol. The predicted molar refractivity (Wildman–Crippen MR) is 64.6 cm³/mol. The van der Waals surface area contributed by atoms with Crippen LogP contribution in [0.2, 0.25) is 0 Å². The number of hydrogen-bond acceptors (Lipinski definition) is 2. The second-order valence-corrected chi connectivity index (χ2v) is 5.26. The molecule has 0 fully saturated rings. The van der Waals surface area contributed by atoms with Gasteiger partial charge in [0.05, 0.1) is 0 Å². The van der Waals surface area contributed by atoms with Crippen LogP contribution in [-0.2, 0) is 20.4 Å². The van der Waals surface area contributed by atoms with Crippen LogP contribution in [0.1, 0.15) is 38.8 Å². The van der Waals surface area contributed by atoms with Crippen molar-refractivity contribution in [2.75, 3.05) is 0 Å². The first-order valence-corrected chi connectivity index (χ1v) is 5.37. The van der Waals surface area contributed by atoms with Crippen LogP contribution in [0, 0.1) is 0 Å². The van der Waals surface area contributed by atoms with Gasteiger partial charge in [-0.05, 0) is 38.8 Å². The molecule has 0 radical (unpaired) electrons. The van der Waals surface area contributed by atoms with Gasteiger partial charge in [0.25, 0.3) is 0 Å². The van der Waals surface area contributed by atoms with Crippen molar-refractivity contribution in [3.05, 3.63) is 35.4 Å². The Morgan fingerprint density at radius 1 is 0.750 bits per heavy atom. The van der Waals surface area contributed by atoms with Crippen LogP contribution < -0.4 is 0 Å². The summed E-state index contributed by atoms with van der Waals surface area (Å²) in [4.78, 5) is 21.8. The van der Waals surface area contributed by atoms with E-state index in [9.17, 15) is 9.59 Å². The lowest BCUT2D eigenvalue weighted by Gasteiger charge is -2.21. The summed E-state index contributed by atoms with van der Waals surface area (Å²) < 4.78 is 0. The summed E-state index contributed by atoms with van der Waals surface area (Å²) in [5.74, 6) is 0. The van der Waals surface area contributed by atoms with Crippen molar-refractivity contribution in [1.29, 1.82) is 0 Å². The molecule has 0 unspecified atom stereocenters. The van der Waals surface area contributed by atoms with E-state index in [-0.39, 0.29) is 0 Å². The number of carbonyl (C=O) groups is 2. The van der Waals surface area contributed by atoms with Crippen molar-refractivity contribution < 1.29 is 9.59 Å². The van der Waals surface area contributed by atoms with Crippen LogP contribution in [0.5, 0.6) is 0 Å². The largest absolute Gasteiger partial charge is 0.302 e. The van der Waals surface area contributed by atoms with Crippen LogP contribution in [0.3, 0.4) is 0 Å². The zero-order valence-corrected chi connectivity index (χ0v) is 10.3. The summed E-state index contributed by atoms with van der Waals surface area (Å²) in [6.45, 7) is 7.50. The van der Waals surface area contributed by atoms with Crippen molar-refractivity contribution in [3.8, 4) is 0 Å². The first-order chi connectivity index (χ1) is 7.33. The lowest BCUT2D eigenvalue weighted by Crippen LogP contribution is -2.21. The van der Waals surface area contributed by atoms with E-state index >= 15 is 0 Å². The molecule has 0 amide bonds. The van der Waals surface area contributed by atoms with Gasteiger partial charge in [0.15, 0.2) is 0 Å². The first-order valence-electron chi connectivity index (χ1n) is 5.37. The number of hydrogen-bond donors (Lipinski definition) is 0. The standard InChI is InChI=1S/C14H18O2/c1-13(2,9-15)11-5-7-12(8-6-11)14(3,4)10-16/h5-10H,1-4H3. The highest BCUT2D eigenvalue weighted by atomic mass is 16.1. The molecule has 1 rings (SSSR count). The van der Waals surface area contributed by atoms with Gasteiger partial charge in [0, 0.05) is 10.8 Å². The Morgan fingerprint density at radius 3 is 1.19 bits per heavy atom. The van der Waals surface area contributed by atoms with Gasteiger partial charge >= 0.3 is 0 Å². The summed E-state index contributed by atoms with van der Waals surface area (Å²) >= 11 is 0. The van der Waals surface area contributed by atoms with E-state index in [0.717, 1.165) is 23.7 Å². The Balaban J connectivity index is 3.09. The lowest BCUT2D eigenvalue weighted by atomic mass is 9.82. The number of carbonyl (C=O) groups excluding carboxylic acids is 2.